The van der Waals surface area contributed by atoms with E-state index in [2.05, 4.69) is 29.7 Å². The molecule has 0 unspecified atom stereocenters. The van der Waals surface area contributed by atoms with Gasteiger partial charge in [-0.05, 0) is 24.6 Å². The van der Waals surface area contributed by atoms with Crippen molar-refractivity contribution in [2.45, 2.75) is 13.3 Å². The van der Waals surface area contributed by atoms with E-state index in [1.165, 1.54) is 16.5 Å². The van der Waals surface area contributed by atoms with Crippen LogP contribution in [-0.2, 0) is 18.3 Å². The lowest BCUT2D eigenvalue weighted by molar-refractivity contribution is -0.107. The first-order valence-electron chi connectivity index (χ1n) is 4.70. The van der Waals surface area contributed by atoms with Crippen LogP contribution in [0.25, 0.3) is 10.9 Å². The maximum absolute atomic E-state index is 10.5. The highest BCUT2D eigenvalue weighted by molar-refractivity contribution is 5.86. The minimum Gasteiger partial charge on any atom is -0.350 e. The molecule has 1 heterocycles. The van der Waals surface area contributed by atoms with Gasteiger partial charge in [0.05, 0.1) is 0 Å². The molecule has 1 aromatic heterocycles. The Labute approximate surface area is 83.2 Å². The van der Waals surface area contributed by atoms with Gasteiger partial charge in [-0.25, -0.2) is 0 Å². The SMILES string of the molecule is Cc1ccc2c(c1)c(CC=O)cn2C. The topological polar surface area (TPSA) is 22.0 Å². The molecule has 0 fully saturated rings. The molecule has 0 spiro atoms. The van der Waals surface area contributed by atoms with Crippen LogP contribution in [0, 0.1) is 6.92 Å². The molecule has 0 N–H and O–H groups in total. The van der Waals surface area contributed by atoms with Crippen LogP contribution >= 0.6 is 0 Å². The zero-order valence-electron chi connectivity index (χ0n) is 8.45. The molecule has 72 valence electrons. The lowest BCUT2D eigenvalue weighted by Gasteiger charge is -1.97. The summed E-state index contributed by atoms with van der Waals surface area (Å²) in [6.07, 6.45) is 3.48. The van der Waals surface area contributed by atoms with E-state index in [1.807, 2.05) is 13.2 Å². The van der Waals surface area contributed by atoms with E-state index >= 15 is 0 Å². The molecular weight excluding hydrogens is 174 g/mol. The number of carbonyl (C=O) groups is 1. The monoisotopic (exact) mass is 187 g/mol. The summed E-state index contributed by atoms with van der Waals surface area (Å²) in [7, 11) is 2.01. The van der Waals surface area contributed by atoms with Gasteiger partial charge >= 0.3 is 0 Å². The molecule has 0 bridgehead atoms. The Kier molecular flexibility index (Phi) is 2.12. The molecule has 0 aliphatic rings. The van der Waals surface area contributed by atoms with Crippen molar-refractivity contribution in [1.29, 1.82) is 0 Å². The number of fused-ring (bicyclic) bond motifs is 1. The number of carbonyl (C=O) groups excluding carboxylic acids is 1. The molecule has 0 aliphatic heterocycles. The highest BCUT2D eigenvalue weighted by Gasteiger charge is 2.05. The summed E-state index contributed by atoms with van der Waals surface area (Å²) in [6, 6.07) is 6.32. The van der Waals surface area contributed by atoms with Crippen molar-refractivity contribution in [3.8, 4) is 0 Å². The summed E-state index contributed by atoms with van der Waals surface area (Å²) in [4.78, 5) is 10.5. The third kappa shape index (κ3) is 1.33. The van der Waals surface area contributed by atoms with Gasteiger partial charge in [0.2, 0.25) is 0 Å². The normalized spacial score (nSPS) is 10.7. The molecule has 14 heavy (non-hydrogen) atoms. The standard InChI is InChI=1S/C12H13NO/c1-9-3-4-12-11(7-9)10(5-6-14)8-13(12)2/h3-4,6-8H,5H2,1-2H3. The molecule has 0 saturated carbocycles. The van der Waals surface area contributed by atoms with Gasteiger partial charge in [-0.2, -0.15) is 0 Å². The molecule has 0 aliphatic carbocycles. The zero-order chi connectivity index (χ0) is 10.1. The maximum Gasteiger partial charge on any atom is 0.124 e. The molecule has 0 amide bonds. The Balaban J connectivity index is 2.72. The highest BCUT2D eigenvalue weighted by Crippen LogP contribution is 2.21. The third-order valence-electron chi connectivity index (χ3n) is 2.53. The van der Waals surface area contributed by atoms with Gasteiger partial charge in [0.25, 0.3) is 0 Å². The smallest absolute Gasteiger partial charge is 0.124 e. The van der Waals surface area contributed by atoms with Crippen molar-refractivity contribution >= 4 is 17.2 Å². The largest absolute Gasteiger partial charge is 0.350 e. The van der Waals surface area contributed by atoms with Gasteiger partial charge in [0.15, 0.2) is 0 Å². The second-order valence-corrected chi connectivity index (χ2v) is 3.66. The van der Waals surface area contributed by atoms with Crippen LogP contribution < -0.4 is 0 Å². The Hall–Kier alpha value is -1.57. The summed E-state index contributed by atoms with van der Waals surface area (Å²) in [5, 5.41) is 1.19. The molecule has 2 nitrogen and oxygen atoms in total. The van der Waals surface area contributed by atoms with Crippen molar-refractivity contribution in [3.63, 3.8) is 0 Å². The summed E-state index contributed by atoms with van der Waals surface area (Å²) in [6.45, 7) is 2.07. The minimum atomic E-state index is 0.501. The molecule has 1 aromatic carbocycles. The number of rotatable bonds is 2. The van der Waals surface area contributed by atoms with Gasteiger partial charge in [-0.1, -0.05) is 11.6 Å². The third-order valence-corrected chi connectivity index (χ3v) is 2.53. The Morgan fingerprint density at radius 2 is 2.21 bits per heavy atom. The maximum atomic E-state index is 10.5. The van der Waals surface area contributed by atoms with E-state index in [4.69, 9.17) is 0 Å². The first kappa shape index (κ1) is 9.00. The highest BCUT2D eigenvalue weighted by atomic mass is 16.1. The Morgan fingerprint density at radius 3 is 2.93 bits per heavy atom. The lowest BCUT2D eigenvalue weighted by Crippen LogP contribution is -1.83. The van der Waals surface area contributed by atoms with E-state index in [9.17, 15) is 4.79 Å². The molecule has 0 saturated heterocycles. The van der Waals surface area contributed by atoms with Crippen LogP contribution in [0.2, 0.25) is 0 Å². The van der Waals surface area contributed by atoms with Crippen molar-refractivity contribution < 1.29 is 4.79 Å². The average Bonchev–Trinajstić information content (AvgIpc) is 2.44. The fourth-order valence-corrected chi connectivity index (χ4v) is 1.84. The molecular formula is C12H13NO. The first-order valence-corrected chi connectivity index (χ1v) is 4.70. The Morgan fingerprint density at radius 1 is 1.43 bits per heavy atom. The van der Waals surface area contributed by atoms with Crippen LogP contribution in [0.5, 0.6) is 0 Å². The van der Waals surface area contributed by atoms with E-state index in [0.717, 1.165) is 11.8 Å². The molecule has 2 rings (SSSR count). The number of aromatic nitrogens is 1. The second kappa shape index (κ2) is 3.29. The number of hydrogen-bond acceptors (Lipinski definition) is 1. The molecule has 0 radical (unpaired) electrons. The fraction of sp³-hybridized carbons (Fsp3) is 0.250. The lowest BCUT2D eigenvalue weighted by atomic mass is 10.1. The van der Waals surface area contributed by atoms with Crippen LogP contribution in [0.15, 0.2) is 24.4 Å². The van der Waals surface area contributed by atoms with Crippen LogP contribution in [0.1, 0.15) is 11.1 Å². The average molecular weight is 187 g/mol. The fourth-order valence-electron chi connectivity index (χ4n) is 1.84. The van der Waals surface area contributed by atoms with Crippen molar-refractivity contribution in [2.75, 3.05) is 0 Å². The predicted octanol–water partition coefficient (Wildman–Crippen LogP) is 2.23. The summed E-state index contributed by atoms with van der Waals surface area (Å²) < 4.78 is 2.06. The first-order chi connectivity index (χ1) is 6.72. The van der Waals surface area contributed by atoms with Crippen LogP contribution in [0.3, 0.4) is 0 Å². The quantitative estimate of drug-likeness (QED) is 0.661. The summed E-state index contributed by atoms with van der Waals surface area (Å²) in [5.41, 5.74) is 3.53. The van der Waals surface area contributed by atoms with E-state index in [0.29, 0.717) is 6.42 Å². The van der Waals surface area contributed by atoms with Gasteiger partial charge in [0, 0.05) is 30.6 Å². The number of aryl methyl sites for hydroxylation is 2. The molecule has 0 atom stereocenters. The summed E-state index contributed by atoms with van der Waals surface area (Å²) >= 11 is 0. The summed E-state index contributed by atoms with van der Waals surface area (Å²) in [5.74, 6) is 0. The van der Waals surface area contributed by atoms with Gasteiger partial charge in [-0.15, -0.1) is 0 Å². The van der Waals surface area contributed by atoms with Crippen molar-refractivity contribution in [2.24, 2.45) is 7.05 Å². The van der Waals surface area contributed by atoms with Gasteiger partial charge in [0.1, 0.15) is 6.29 Å². The predicted molar refractivity (Wildman–Crippen MR) is 57.4 cm³/mol. The van der Waals surface area contributed by atoms with Crippen molar-refractivity contribution in [3.05, 3.63) is 35.5 Å². The van der Waals surface area contributed by atoms with E-state index < -0.39 is 0 Å². The number of nitrogens with zero attached hydrogens (tertiary/aromatic N) is 1. The van der Waals surface area contributed by atoms with Gasteiger partial charge < -0.3 is 9.36 Å². The van der Waals surface area contributed by atoms with Crippen molar-refractivity contribution in [1.82, 2.24) is 4.57 Å². The number of hydrogen-bond donors (Lipinski definition) is 0. The second-order valence-electron chi connectivity index (χ2n) is 3.66. The zero-order valence-corrected chi connectivity index (χ0v) is 8.45. The molecule has 2 heteroatoms. The number of aldehydes is 1. The van der Waals surface area contributed by atoms with Gasteiger partial charge in [-0.3, -0.25) is 0 Å². The van der Waals surface area contributed by atoms with E-state index in [1.54, 1.807) is 0 Å². The minimum absolute atomic E-state index is 0.501. The van der Waals surface area contributed by atoms with E-state index in [-0.39, 0.29) is 0 Å². The van der Waals surface area contributed by atoms with Crippen LogP contribution in [-0.4, -0.2) is 10.9 Å². The van der Waals surface area contributed by atoms with Crippen LogP contribution in [0.4, 0.5) is 0 Å². The number of benzene rings is 1. The molecule has 2 aromatic rings. The Bertz CT molecular complexity index is 482.